The van der Waals surface area contributed by atoms with Crippen LogP contribution in [0.25, 0.3) is 0 Å². The van der Waals surface area contributed by atoms with Crippen LogP contribution in [0.4, 0.5) is 11.4 Å². The Labute approximate surface area is 159 Å². The van der Waals surface area contributed by atoms with Gasteiger partial charge in [0, 0.05) is 31.0 Å². The molecule has 7 heteroatoms. The van der Waals surface area contributed by atoms with Crippen LogP contribution < -0.4 is 10.2 Å². The number of hydrogen-bond donors (Lipinski definition) is 1. The van der Waals surface area contributed by atoms with Crippen molar-refractivity contribution in [3.05, 3.63) is 54.1 Å². The van der Waals surface area contributed by atoms with E-state index < -0.39 is 10.0 Å². The summed E-state index contributed by atoms with van der Waals surface area (Å²) >= 11 is 0. The third-order valence-electron chi connectivity index (χ3n) is 5.17. The summed E-state index contributed by atoms with van der Waals surface area (Å²) in [7, 11) is -3.46. The fraction of sp³-hybridized carbons (Fsp3) is 0.350. The van der Waals surface area contributed by atoms with Gasteiger partial charge in [-0.1, -0.05) is 24.3 Å². The molecule has 0 spiro atoms. The fourth-order valence-corrected chi connectivity index (χ4v) is 5.28. The number of rotatable bonds is 5. The van der Waals surface area contributed by atoms with E-state index in [2.05, 4.69) is 5.32 Å². The van der Waals surface area contributed by atoms with Gasteiger partial charge in [0.15, 0.2) is 0 Å². The molecule has 0 atom stereocenters. The first-order valence-corrected chi connectivity index (χ1v) is 10.7. The number of carbonyl (C=O) groups is 1. The summed E-state index contributed by atoms with van der Waals surface area (Å²) in [6, 6.07) is 14.6. The lowest BCUT2D eigenvalue weighted by atomic mass is 10.2. The molecule has 1 N–H and O–H groups in total. The molecule has 27 heavy (non-hydrogen) atoms. The molecule has 1 fully saturated rings. The SMILES string of the molecule is O=C(CNc1cccc(S(=O)(=O)N2CCCC2)c1)N1CCc2ccccc21. The molecule has 0 radical (unpaired) electrons. The van der Waals surface area contributed by atoms with Crippen LogP contribution in [0.2, 0.25) is 0 Å². The molecule has 0 saturated carbocycles. The first kappa shape index (κ1) is 18.0. The van der Waals surface area contributed by atoms with Crippen LogP contribution in [0.3, 0.4) is 0 Å². The molecule has 1 saturated heterocycles. The second-order valence-electron chi connectivity index (χ2n) is 6.92. The zero-order valence-electron chi connectivity index (χ0n) is 15.1. The molecule has 2 aliphatic heterocycles. The van der Waals surface area contributed by atoms with Crippen LogP contribution in [0, 0.1) is 0 Å². The largest absolute Gasteiger partial charge is 0.376 e. The number of hydrogen-bond acceptors (Lipinski definition) is 4. The maximum atomic E-state index is 12.7. The highest BCUT2D eigenvalue weighted by Gasteiger charge is 2.27. The van der Waals surface area contributed by atoms with Gasteiger partial charge in [-0.2, -0.15) is 4.31 Å². The lowest BCUT2D eigenvalue weighted by molar-refractivity contribution is -0.116. The van der Waals surface area contributed by atoms with E-state index in [-0.39, 0.29) is 17.3 Å². The summed E-state index contributed by atoms with van der Waals surface area (Å²) < 4.78 is 26.9. The smallest absolute Gasteiger partial charge is 0.246 e. The first-order valence-electron chi connectivity index (χ1n) is 9.28. The van der Waals surface area contributed by atoms with Crippen molar-refractivity contribution in [1.82, 2.24) is 4.31 Å². The number of fused-ring (bicyclic) bond motifs is 1. The van der Waals surface area contributed by atoms with Crippen molar-refractivity contribution in [2.24, 2.45) is 0 Å². The van der Waals surface area contributed by atoms with Gasteiger partial charge in [0.25, 0.3) is 0 Å². The molecule has 2 aliphatic rings. The molecule has 0 aromatic heterocycles. The van der Waals surface area contributed by atoms with Crippen LogP contribution in [0.1, 0.15) is 18.4 Å². The third kappa shape index (κ3) is 3.57. The second-order valence-corrected chi connectivity index (χ2v) is 8.85. The number of amides is 1. The van der Waals surface area contributed by atoms with E-state index in [1.807, 2.05) is 24.3 Å². The van der Waals surface area contributed by atoms with E-state index in [1.54, 1.807) is 29.2 Å². The summed E-state index contributed by atoms with van der Waals surface area (Å²) in [5, 5.41) is 3.08. The second kappa shape index (κ2) is 7.32. The molecule has 2 heterocycles. The predicted molar refractivity (Wildman–Crippen MR) is 105 cm³/mol. The van der Waals surface area contributed by atoms with Crippen LogP contribution in [0.15, 0.2) is 53.4 Å². The summed E-state index contributed by atoms with van der Waals surface area (Å²) in [4.78, 5) is 14.7. The topological polar surface area (TPSA) is 69.7 Å². The molecule has 2 aromatic rings. The molecule has 2 aromatic carbocycles. The average Bonchev–Trinajstić information content (AvgIpc) is 3.36. The molecule has 0 unspecified atom stereocenters. The standard InChI is InChI=1S/C20H23N3O3S/c24-20(23-13-10-16-6-1-2-9-19(16)23)15-21-17-7-5-8-18(14-17)27(25,26)22-11-3-4-12-22/h1-2,5-9,14,21H,3-4,10-13,15H2. The molecular weight excluding hydrogens is 362 g/mol. The minimum Gasteiger partial charge on any atom is -0.376 e. The molecule has 6 nitrogen and oxygen atoms in total. The Morgan fingerprint density at radius 1 is 1.00 bits per heavy atom. The Bertz CT molecular complexity index is 952. The monoisotopic (exact) mass is 385 g/mol. The lowest BCUT2D eigenvalue weighted by Crippen LogP contribution is -2.34. The number of nitrogens with one attached hydrogen (secondary N) is 1. The number of sulfonamides is 1. The number of para-hydroxylation sites is 1. The fourth-order valence-electron chi connectivity index (χ4n) is 3.71. The van der Waals surface area contributed by atoms with Crippen molar-refractivity contribution < 1.29 is 13.2 Å². The van der Waals surface area contributed by atoms with Crippen molar-refractivity contribution in [2.45, 2.75) is 24.2 Å². The summed E-state index contributed by atoms with van der Waals surface area (Å²) in [5.41, 5.74) is 2.79. The third-order valence-corrected chi connectivity index (χ3v) is 7.06. The van der Waals surface area contributed by atoms with Gasteiger partial charge in [-0.25, -0.2) is 8.42 Å². The molecule has 0 bridgehead atoms. The van der Waals surface area contributed by atoms with Crippen molar-refractivity contribution in [1.29, 1.82) is 0 Å². The maximum absolute atomic E-state index is 12.7. The Hall–Kier alpha value is -2.38. The van der Waals surface area contributed by atoms with Crippen molar-refractivity contribution in [3.63, 3.8) is 0 Å². The minimum absolute atomic E-state index is 0.0206. The average molecular weight is 385 g/mol. The molecule has 142 valence electrons. The Morgan fingerprint density at radius 2 is 1.78 bits per heavy atom. The van der Waals surface area contributed by atoms with Crippen molar-refractivity contribution in [3.8, 4) is 0 Å². The first-order chi connectivity index (χ1) is 13.1. The molecule has 0 aliphatic carbocycles. The van der Waals surface area contributed by atoms with E-state index in [1.165, 1.54) is 9.87 Å². The molecule has 4 rings (SSSR count). The summed E-state index contributed by atoms with van der Waals surface area (Å²) in [6.07, 6.45) is 2.68. The van der Waals surface area contributed by atoms with Gasteiger partial charge in [0.2, 0.25) is 15.9 Å². The van der Waals surface area contributed by atoms with Gasteiger partial charge in [0.05, 0.1) is 11.4 Å². The summed E-state index contributed by atoms with van der Waals surface area (Å²) in [5.74, 6) is -0.0206. The van der Waals surface area contributed by atoms with Crippen LogP contribution in [-0.4, -0.2) is 44.8 Å². The molecular formula is C20H23N3O3S. The maximum Gasteiger partial charge on any atom is 0.246 e. The van der Waals surface area contributed by atoms with Gasteiger partial charge >= 0.3 is 0 Å². The highest BCUT2D eigenvalue weighted by Crippen LogP contribution is 2.27. The van der Waals surface area contributed by atoms with Crippen LogP contribution in [0.5, 0.6) is 0 Å². The van der Waals surface area contributed by atoms with Crippen molar-refractivity contribution >= 4 is 27.3 Å². The lowest BCUT2D eigenvalue weighted by Gasteiger charge is -2.19. The number of anilines is 2. The quantitative estimate of drug-likeness (QED) is 0.858. The Morgan fingerprint density at radius 3 is 2.59 bits per heavy atom. The van der Waals surface area contributed by atoms with E-state index >= 15 is 0 Å². The van der Waals surface area contributed by atoms with E-state index in [0.29, 0.717) is 25.3 Å². The van der Waals surface area contributed by atoms with Gasteiger partial charge in [-0.15, -0.1) is 0 Å². The Kier molecular flexibility index (Phi) is 4.88. The highest BCUT2D eigenvalue weighted by molar-refractivity contribution is 7.89. The molecule has 1 amide bonds. The number of carbonyl (C=O) groups excluding carboxylic acids is 1. The zero-order valence-corrected chi connectivity index (χ0v) is 15.9. The normalized spacial score (nSPS) is 17.1. The van der Waals surface area contributed by atoms with Crippen LogP contribution in [-0.2, 0) is 21.2 Å². The van der Waals surface area contributed by atoms with Gasteiger partial charge in [0.1, 0.15) is 0 Å². The zero-order chi connectivity index (χ0) is 18.9. The van der Waals surface area contributed by atoms with E-state index in [4.69, 9.17) is 0 Å². The Balaban J connectivity index is 1.44. The van der Waals surface area contributed by atoms with Crippen LogP contribution >= 0.6 is 0 Å². The number of benzene rings is 2. The summed E-state index contributed by atoms with van der Waals surface area (Å²) in [6.45, 7) is 1.96. The van der Waals surface area contributed by atoms with Crippen molar-refractivity contribution in [2.75, 3.05) is 36.4 Å². The van der Waals surface area contributed by atoms with E-state index in [9.17, 15) is 13.2 Å². The highest BCUT2D eigenvalue weighted by atomic mass is 32.2. The van der Waals surface area contributed by atoms with E-state index in [0.717, 1.165) is 24.9 Å². The number of nitrogens with zero attached hydrogens (tertiary/aromatic N) is 2. The van der Waals surface area contributed by atoms with Gasteiger partial charge < -0.3 is 10.2 Å². The van der Waals surface area contributed by atoms with Gasteiger partial charge in [-0.05, 0) is 49.1 Å². The minimum atomic E-state index is -3.46. The predicted octanol–water partition coefficient (Wildman–Crippen LogP) is 2.47. The van der Waals surface area contributed by atoms with Gasteiger partial charge in [-0.3, -0.25) is 4.79 Å².